The molecule has 7 heteroatoms. The Morgan fingerprint density at radius 2 is 2.00 bits per heavy atom. The summed E-state index contributed by atoms with van der Waals surface area (Å²) in [5.74, 6) is 0.842. The molecule has 1 atom stereocenters. The van der Waals surface area contributed by atoms with Crippen LogP contribution in [0.25, 0.3) is 11.0 Å². The van der Waals surface area contributed by atoms with Gasteiger partial charge in [-0.25, -0.2) is 9.97 Å². The van der Waals surface area contributed by atoms with Gasteiger partial charge in [0, 0.05) is 25.4 Å². The summed E-state index contributed by atoms with van der Waals surface area (Å²) in [4.78, 5) is 8.67. The summed E-state index contributed by atoms with van der Waals surface area (Å²) >= 11 is 0. The lowest BCUT2D eigenvalue weighted by molar-refractivity contribution is 0.570. The largest absolute Gasteiger partial charge is 0.362 e. The first-order valence-electron chi connectivity index (χ1n) is 7.14. The van der Waals surface area contributed by atoms with Crippen molar-refractivity contribution in [3.63, 3.8) is 0 Å². The zero-order valence-corrected chi connectivity index (χ0v) is 12.1. The van der Waals surface area contributed by atoms with Crippen molar-refractivity contribution in [1.82, 2.24) is 29.5 Å². The second kappa shape index (κ2) is 4.54. The lowest BCUT2D eigenvalue weighted by atomic mass is 9.93. The Hall–Kier alpha value is -2.44. The van der Waals surface area contributed by atoms with E-state index in [0.717, 1.165) is 36.1 Å². The van der Waals surface area contributed by atoms with Crippen molar-refractivity contribution in [3.8, 4) is 0 Å². The van der Waals surface area contributed by atoms with Crippen LogP contribution in [0, 0.1) is 0 Å². The molecule has 0 spiro atoms. The average molecular weight is 283 g/mol. The van der Waals surface area contributed by atoms with E-state index in [2.05, 4.69) is 25.5 Å². The Balaban J connectivity index is 1.73. The molecule has 1 aliphatic rings. The van der Waals surface area contributed by atoms with Crippen LogP contribution in [0.1, 0.15) is 30.1 Å². The first-order chi connectivity index (χ1) is 10.2. The fourth-order valence-electron chi connectivity index (χ4n) is 3.10. The van der Waals surface area contributed by atoms with Gasteiger partial charge in [-0.2, -0.15) is 10.2 Å². The molecule has 3 heterocycles. The van der Waals surface area contributed by atoms with Gasteiger partial charge in [-0.1, -0.05) is 0 Å². The monoisotopic (exact) mass is 283 g/mol. The zero-order valence-electron chi connectivity index (χ0n) is 12.1. The van der Waals surface area contributed by atoms with Crippen molar-refractivity contribution in [2.45, 2.75) is 25.3 Å². The van der Waals surface area contributed by atoms with E-state index < -0.39 is 0 Å². The highest BCUT2D eigenvalue weighted by Crippen LogP contribution is 2.33. The van der Waals surface area contributed by atoms with Crippen molar-refractivity contribution in [2.75, 3.05) is 5.32 Å². The van der Waals surface area contributed by atoms with Gasteiger partial charge in [-0.05, 0) is 19.3 Å². The number of rotatable bonds is 2. The molecular formula is C14H17N7. The lowest BCUT2D eigenvalue weighted by Crippen LogP contribution is -2.18. The molecule has 0 radical (unpaired) electrons. The molecule has 3 aromatic rings. The highest BCUT2D eigenvalue weighted by molar-refractivity contribution is 5.86. The second-order valence-electron chi connectivity index (χ2n) is 5.49. The minimum absolute atomic E-state index is 0.251. The third kappa shape index (κ3) is 1.88. The standard InChI is InChI=1S/C14H17N7/c1-20-12-5-3-4-11(9(12)6-17-20)19-13-10-7-18-21(2)14(10)16-8-15-13/h6-8,11H,3-5H2,1-2H3,(H,15,16,19). The maximum absolute atomic E-state index is 4.39. The molecule has 21 heavy (non-hydrogen) atoms. The van der Waals surface area contributed by atoms with Gasteiger partial charge in [0.2, 0.25) is 0 Å². The molecule has 0 saturated carbocycles. The first-order valence-corrected chi connectivity index (χ1v) is 7.14. The van der Waals surface area contributed by atoms with Crippen molar-refractivity contribution in [3.05, 3.63) is 30.0 Å². The van der Waals surface area contributed by atoms with E-state index in [1.54, 1.807) is 11.0 Å². The molecule has 4 rings (SSSR count). The molecule has 0 aromatic carbocycles. The van der Waals surface area contributed by atoms with Gasteiger partial charge in [-0.3, -0.25) is 9.36 Å². The third-order valence-electron chi connectivity index (χ3n) is 4.22. The maximum Gasteiger partial charge on any atom is 0.163 e. The van der Waals surface area contributed by atoms with Gasteiger partial charge in [0.1, 0.15) is 12.1 Å². The van der Waals surface area contributed by atoms with Gasteiger partial charge in [0.25, 0.3) is 0 Å². The van der Waals surface area contributed by atoms with Gasteiger partial charge in [0.15, 0.2) is 5.65 Å². The fourth-order valence-corrected chi connectivity index (χ4v) is 3.10. The Bertz CT molecular complexity index is 801. The van der Waals surface area contributed by atoms with E-state index in [0.29, 0.717) is 0 Å². The van der Waals surface area contributed by atoms with Crippen LogP contribution < -0.4 is 5.32 Å². The number of nitrogens with one attached hydrogen (secondary N) is 1. The van der Waals surface area contributed by atoms with Gasteiger partial charge in [0.05, 0.1) is 23.8 Å². The quantitative estimate of drug-likeness (QED) is 0.773. The topological polar surface area (TPSA) is 73.5 Å². The van der Waals surface area contributed by atoms with Crippen LogP contribution in [0.5, 0.6) is 0 Å². The summed E-state index contributed by atoms with van der Waals surface area (Å²) < 4.78 is 3.74. The number of aryl methyl sites for hydroxylation is 2. The summed E-state index contributed by atoms with van der Waals surface area (Å²) in [6.07, 6.45) is 8.70. The molecule has 1 N–H and O–H groups in total. The third-order valence-corrected chi connectivity index (χ3v) is 4.22. The molecular weight excluding hydrogens is 266 g/mol. The highest BCUT2D eigenvalue weighted by atomic mass is 15.3. The fraction of sp³-hybridized carbons (Fsp3) is 0.429. The summed E-state index contributed by atoms with van der Waals surface area (Å²) in [5, 5.41) is 13.1. The molecule has 7 nitrogen and oxygen atoms in total. The van der Waals surface area contributed by atoms with Crippen molar-refractivity contribution in [1.29, 1.82) is 0 Å². The molecule has 0 fully saturated rings. The Morgan fingerprint density at radius 3 is 2.90 bits per heavy atom. The van der Waals surface area contributed by atoms with Crippen LogP contribution in [0.15, 0.2) is 18.7 Å². The summed E-state index contributed by atoms with van der Waals surface area (Å²) in [5.41, 5.74) is 3.43. The van der Waals surface area contributed by atoms with Crippen LogP contribution in [0.2, 0.25) is 0 Å². The first kappa shape index (κ1) is 12.3. The number of hydrogen-bond donors (Lipinski definition) is 1. The van der Waals surface area contributed by atoms with Crippen LogP contribution >= 0.6 is 0 Å². The van der Waals surface area contributed by atoms with E-state index in [-0.39, 0.29) is 6.04 Å². The van der Waals surface area contributed by atoms with Gasteiger partial charge >= 0.3 is 0 Å². The molecule has 0 aliphatic heterocycles. The van der Waals surface area contributed by atoms with E-state index in [4.69, 9.17) is 0 Å². The zero-order chi connectivity index (χ0) is 14.4. The number of nitrogens with zero attached hydrogens (tertiary/aromatic N) is 6. The smallest absolute Gasteiger partial charge is 0.163 e. The minimum atomic E-state index is 0.251. The van der Waals surface area contributed by atoms with Gasteiger partial charge < -0.3 is 5.32 Å². The Morgan fingerprint density at radius 1 is 1.14 bits per heavy atom. The highest BCUT2D eigenvalue weighted by Gasteiger charge is 2.24. The molecule has 0 bridgehead atoms. The molecule has 3 aromatic heterocycles. The average Bonchev–Trinajstić information content (AvgIpc) is 3.06. The number of aromatic nitrogens is 6. The second-order valence-corrected chi connectivity index (χ2v) is 5.49. The molecule has 108 valence electrons. The number of hydrogen-bond acceptors (Lipinski definition) is 5. The normalized spacial score (nSPS) is 17.9. The van der Waals surface area contributed by atoms with Crippen molar-refractivity contribution < 1.29 is 0 Å². The Labute approximate surface area is 122 Å². The SMILES string of the molecule is Cn1ncc2c1CCCC2Nc1ncnc2c1cnn2C. The number of anilines is 1. The maximum atomic E-state index is 4.39. The molecule has 1 unspecified atom stereocenters. The van der Waals surface area contributed by atoms with Crippen molar-refractivity contribution >= 4 is 16.9 Å². The van der Waals surface area contributed by atoms with E-state index in [1.165, 1.54) is 11.3 Å². The van der Waals surface area contributed by atoms with Crippen LogP contribution in [0.3, 0.4) is 0 Å². The van der Waals surface area contributed by atoms with E-state index in [1.807, 2.05) is 31.2 Å². The van der Waals surface area contributed by atoms with E-state index in [9.17, 15) is 0 Å². The van der Waals surface area contributed by atoms with Crippen LogP contribution in [-0.4, -0.2) is 29.5 Å². The summed E-state index contributed by atoms with van der Waals surface area (Å²) in [7, 11) is 3.89. The van der Waals surface area contributed by atoms with Crippen LogP contribution in [0.4, 0.5) is 5.82 Å². The minimum Gasteiger partial charge on any atom is -0.362 e. The molecule has 0 amide bonds. The summed E-state index contributed by atoms with van der Waals surface area (Å²) in [6.45, 7) is 0. The van der Waals surface area contributed by atoms with E-state index >= 15 is 0 Å². The lowest BCUT2D eigenvalue weighted by Gasteiger charge is -2.24. The molecule has 0 saturated heterocycles. The summed E-state index contributed by atoms with van der Waals surface area (Å²) in [6, 6.07) is 0.251. The van der Waals surface area contributed by atoms with Crippen LogP contribution in [-0.2, 0) is 20.5 Å². The van der Waals surface area contributed by atoms with Crippen molar-refractivity contribution in [2.24, 2.45) is 14.1 Å². The number of fused-ring (bicyclic) bond motifs is 2. The van der Waals surface area contributed by atoms with Gasteiger partial charge in [-0.15, -0.1) is 0 Å². The predicted octanol–water partition coefficient (Wildman–Crippen LogP) is 1.59. The molecule has 1 aliphatic carbocycles. The Kier molecular flexibility index (Phi) is 2.66. The predicted molar refractivity (Wildman–Crippen MR) is 78.8 cm³/mol.